The summed E-state index contributed by atoms with van der Waals surface area (Å²) in [4.78, 5) is 8.35. The molecule has 0 amide bonds. The number of hydrogen-bond acceptors (Lipinski definition) is 3. The first-order chi connectivity index (χ1) is 7.18. The normalized spacial score (nSPS) is 10.3. The van der Waals surface area contributed by atoms with Crippen molar-refractivity contribution < 1.29 is 0 Å². The van der Waals surface area contributed by atoms with Crippen LogP contribution in [0.2, 0.25) is 5.15 Å². The molecule has 1 aromatic heterocycles. The van der Waals surface area contributed by atoms with Gasteiger partial charge in [-0.25, -0.2) is 9.97 Å². The molecule has 2 N–H and O–H groups in total. The Balaban J connectivity index is 2.59. The van der Waals surface area contributed by atoms with Gasteiger partial charge in [0.05, 0.1) is 11.4 Å². The Morgan fingerprint density at radius 2 is 1.80 bits per heavy atom. The van der Waals surface area contributed by atoms with Crippen molar-refractivity contribution in [3.63, 3.8) is 0 Å². The Morgan fingerprint density at radius 1 is 1.13 bits per heavy atom. The summed E-state index contributed by atoms with van der Waals surface area (Å²) in [5.74, 6) is 0.265. The Bertz CT molecular complexity index is 483. The zero-order valence-electron chi connectivity index (χ0n) is 8.24. The van der Waals surface area contributed by atoms with Crippen LogP contribution in [0.25, 0.3) is 11.3 Å². The quantitative estimate of drug-likeness (QED) is 0.802. The monoisotopic (exact) mass is 219 g/mol. The largest absolute Gasteiger partial charge is 0.381 e. The molecule has 0 radical (unpaired) electrons. The first-order valence-electron chi connectivity index (χ1n) is 4.53. The Morgan fingerprint density at radius 3 is 2.47 bits per heavy atom. The minimum absolute atomic E-state index is 0.257. The fourth-order valence-electron chi connectivity index (χ4n) is 1.37. The summed E-state index contributed by atoms with van der Waals surface area (Å²) in [6.45, 7) is 1.86. The Labute approximate surface area is 92.9 Å². The SMILES string of the molecule is Cc1nc(Cl)c(N)nc1-c1ccccc1. The van der Waals surface area contributed by atoms with E-state index in [2.05, 4.69) is 9.97 Å². The molecule has 0 aliphatic rings. The van der Waals surface area contributed by atoms with E-state index in [1.807, 2.05) is 37.3 Å². The Kier molecular flexibility index (Phi) is 2.56. The van der Waals surface area contributed by atoms with Crippen LogP contribution in [-0.4, -0.2) is 9.97 Å². The summed E-state index contributed by atoms with van der Waals surface area (Å²) in [5.41, 5.74) is 8.17. The van der Waals surface area contributed by atoms with E-state index in [0.29, 0.717) is 0 Å². The zero-order chi connectivity index (χ0) is 10.8. The van der Waals surface area contributed by atoms with Crippen LogP contribution in [-0.2, 0) is 0 Å². The third-order valence-electron chi connectivity index (χ3n) is 2.10. The second kappa shape index (κ2) is 3.87. The van der Waals surface area contributed by atoms with Gasteiger partial charge in [0.2, 0.25) is 0 Å². The molecule has 1 aromatic carbocycles. The molecule has 0 spiro atoms. The molecule has 76 valence electrons. The van der Waals surface area contributed by atoms with Crippen LogP contribution in [0.15, 0.2) is 30.3 Å². The molecule has 0 bridgehead atoms. The minimum atomic E-state index is 0.257. The lowest BCUT2D eigenvalue weighted by atomic mass is 10.1. The minimum Gasteiger partial charge on any atom is -0.381 e. The number of anilines is 1. The van der Waals surface area contributed by atoms with Crippen LogP contribution in [0.5, 0.6) is 0 Å². The number of benzene rings is 1. The van der Waals surface area contributed by atoms with Crippen LogP contribution in [0.3, 0.4) is 0 Å². The summed E-state index contributed by atoms with van der Waals surface area (Å²) in [5, 5.41) is 0.257. The highest BCUT2D eigenvalue weighted by Gasteiger charge is 2.08. The lowest BCUT2D eigenvalue weighted by Crippen LogP contribution is -1.99. The van der Waals surface area contributed by atoms with Crippen LogP contribution in [0.1, 0.15) is 5.69 Å². The highest BCUT2D eigenvalue weighted by atomic mass is 35.5. The van der Waals surface area contributed by atoms with E-state index >= 15 is 0 Å². The van der Waals surface area contributed by atoms with Crippen molar-refractivity contribution >= 4 is 17.4 Å². The molecular formula is C11H10ClN3. The fourth-order valence-corrected chi connectivity index (χ4v) is 1.54. The zero-order valence-corrected chi connectivity index (χ0v) is 8.99. The van der Waals surface area contributed by atoms with Crippen molar-refractivity contribution in [2.24, 2.45) is 0 Å². The molecule has 2 rings (SSSR count). The highest BCUT2D eigenvalue weighted by Crippen LogP contribution is 2.23. The van der Waals surface area contributed by atoms with E-state index in [-0.39, 0.29) is 11.0 Å². The van der Waals surface area contributed by atoms with E-state index in [4.69, 9.17) is 17.3 Å². The van der Waals surface area contributed by atoms with Crippen molar-refractivity contribution in [2.45, 2.75) is 6.92 Å². The molecule has 0 aliphatic heterocycles. The first kappa shape index (κ1) is 9.93. The van der Waals surface area contributed by atoms with Crippen LogP contribution in [0.4, 0.5) is 5.82 Å². The molecule has 0 aliphatic carbocycles. The molecular weight excluding hydrogens is 210 g/mol. The summed E-state index contributed by atoms with van der Waals surface area (Å²) in [7, 11) is 0. The smallest absolute Gasteiger partial charge is 0.171 e. The van der Waals surface area contributed by atoms with Crippen LogP contribution < -0.4 is 5.73 Å². The van der Waals surface area contributed by atoms with E-state index in [9.17, 15) is 0 Å². The Hall–Kier alpha value is -1.61. The van der Waals surface area contributed by atoms with E-state index in [1.54, 1.807) is 0 Å². The summed E-state index contributed by atoms with van der Waals surface area (Å²) in [6, 6.07) is 9.77. The average Bonchev–Trinajstić information content (AvgIpc) is 2.25. The van der Waals surface area contributed by atoms with Crippen LogP contribution >= 0.6 is 11.6 Å². The van der Waals surface area contributed by atoms with Gasteiger partial charge in [-0.2, -0.15) is 0 Å². The number of halogens is 1. The number of rotatable bonds is 1. The number of nitrogens with zero attached hydrogens (tertiary/aromatic N) is 2. The van der Waals surface area contributed by atoms with Crippen LogP contribution in [0, 0.1) is 6.92 Å². The van der Waals surface area contributed by atoms with E-state index in [0.717, 1.165) is 17.0 Å². The lowest BCUT2D eigenvalue weighted by molar-refractivity contribution is 1.13. The molecule has 0 saturated heterocycles. The van der Waals surface area contributed by atoms with Crippen molar-refractivity contribution in [1.82, 2.24) is 9.97 Å². The summed E-state index contributed by atoms with van der Waals surface area (Å²) >= 11 is 5.77. The summed E-state index contributed by atoms with van der Waals surface area (Å²) < 4.78 is 0. The van der Waals surface area contributed by atoms with Gasteiger partial charge in [0.1, 0.15) is 0 Å². The molecule has 0 fully saturated rings. The number of nitrogens with two attached hydrogens (primary N) is 1. The third-order valence-corrected chi connectivity index (χ3v) is 2.38. The van der Waals surface area contributed by atoms with Gasteiger partial charge < -0.3 is 5.73 Å². The van der Waals surface area contributed by atoms with Crippen molar-refractivity contribution in [3.05, 3.63) is 41.2 Å². The third kappa shape index (κ3) is 1.92. The molecule has 1 heterocycles. The summed E-state index contributed by atoms with van der Waals surface area (Å²) in [6.07, 6.45) is 0. The number of aromatic nitrogens is 2. The van der Waals surface area contributed by atoms with Gasteiger partial charge in [0, 0.05) is 5.56 Å². The van der Waals surface area contributed by atoms with E-state index < -0.39 is 0 Å². The molecule has 2 aromatic rings. The maximum Gasteiger partial charge on any atom is 0.171 e. The topological polar surface area (TPSA) is 51.8 Å². The van der Waals surface area contributed by atoms with Crippen molar-refractivity contribution in [1.29, 1.82) is 0 Å². The number of aryl methyl sites for hydroxylation is 1. The standard InChI is InChI=1S/C11H10ClN3/c1-7-9(8-5-3-2-4-6-8)15-11(13)10(12)14-7/h2-6H,1H3,(H2,13,15). The lowest BCUT2D eigenvalue weighted by Gasteiger charge is -2.06. The van der Waals surface area contributed by atoms with Crippen molar-refractivity contribution in [3.8, 4) is 11.3 Å². The van der Waals surface area contributed by atoms with Gasteiger partial charge in [-0.3, -0.25) is 0 Å². The second-order valence-corrected chi connectivity index (χ2v) is 3.56. The maximum atomic E-state index is 5.77. The van der Waals surface area contributed by atoms with Gasteiger partial charge in [0.15, 0.2) is 11.0 Å². The first-order valence-corrected chi connectivity index (χ1v) is 4.91. The van der Waals surface area contributed by atoms with Gasteiger partial charge in [-0.15, -0.1) is 0 Å². The van der Waals surface area contributed by atoms with Gasteiger partial charge in [0.25, 0.3) is 0 Å². The van der Waals surface area contributed by atoms with Gasteiger partial charge >= 0.3 is 0 Å². The van der Waals surface area contributed by atoms with Crippen molar-refractivity contribution in [2.75, 3.05) is 5.73 Å². The maximum absolute atomic E-state index is 5.77. The molecule has 3 nitrogen and oxygen atoms in total. The number of nitrogen functional groups attached to an aromatic ring is 1. The molecule has 0 saturated carbocycles. The number of hydrogen-bond donors (Lipinski definition) is 1. The predicted octanol–water partition coefficient (Wildman–Crippen LogP) is 2.69. The molecule has 4 heteroatoms. The van der Waals surface area contributed by atoms with E-state index in [1.165, 1.54) is 0 Å². The molecule has 15 heavy (non-hydrogen) atoms. The predicted molar refractivity (Wildman–Crippen MR) is 61.6 cm³/mol. The van der Waals surface area contributed by atoms with Gasteiger partial charge in [-0.1, -0.05) is 41.9 Å². The average molecular weight is 220 g/mol. The highest BCUT2D eigenvalue weighted by molar-refractivity contribution is 6.31. The molecule has 0 unspecified atom stereocenters. The fraction of sp³-hybridized carbons (Fsp3) is 0.0909. The van der Waals surface area contributed by atoms with Gasteiger partial charge in [-0.05, 0) is 6.92 Å². The molecule has 0 atom stereocenters. The second-order valence-electron chi connectivity index (χ2n) is 3.20.